The summed E-state index contributed by atoms with van der Waals surface area (Å²) in [5.74, 6) is 0.193. The van der Waals surface area contributed by atoms with E-state index in [1.807, 2.05) is 12.1 Å². The normalized spacial score (nSPS) is 13.4. The van der Waals surface area contributed by atoms with Crippen LogP contribution in [0.1, 0.15) is 45.2 Å². The first kappa shape index (κ1) is 19.7. The van der Waals surface area contributed by atoms with E-state index in [0.29, 0.717) is 22.8 Å². The number of ether oxygens (including phenoxy) is 4. The van der Waals surface area contributed by atoms with Crippen LogP contribution in [-0.2, 0) is 17.6 Å². The Bertz CT molecular complexity index is 877. The van der Waals surface area contributed by atoms with Gasteiger partial charge in [0.05, 0.1) is 26.9 Å². The summed E-state index contributed by atoms with van der Waals surface area (Å²) in [5.41, 5.74) is 3.27. The van der Waals surface area contributed by atoms with E-state index < -0.39 is 12.1 Å². The predicted octanol–water partition coefficient (Wildman–Crippen LogP) is 3.63. The van der Waals surface area contributed by atoms with Crippen LogP contribution in [0.5, 0.6) is 17.2 Å². The Morgan fingerprint density at radius 2 is 1.50 bits per heavy atom. The van der Waals surface area contributed by atoms with E-state index in [1.54, 1.807) is 13.0 Å². The van der Waals surface area contributed by atoms with Crippen molar-refractivity contribution in [3.05, 3.63) is 52.6 Å². The third-order valence-electron chi connectivity index (χ3n) is 4.94. The van der Waals surface area contributed by atoms with Gasteiger partial charge in [-0.25, -0.2) is 4.79 Å². The first-order chi connectivity index (χ1) is 13.5. The molecule has 0 unspecified atom stereocenters. The van der Waals surface area contributed by atoms with E-state index in [-0.39, 0.29) is 11.3 Å². The first-order valence-corrected chi connectivity index (χ1v) is 9.15. The molecule has 0 fully saturated rings. The molecule has 0 radical (unpaired) electrons. The highest BCUT2D eigenvalue weighted by Gasteiger charge is 2.24. The molecular formula is C22H24O6. The van der Waals surface area contributed by atoms with Gasteiger partial charge in [0.15, 0.2) is 17.6 Å². The molecule has 28 heavy (non-hydrogen) atoms. The molecule has 2 aromatic carbocycles. The Morgan fingerprint density at radius 1 is 0.857 bits per heavy atom. The van der Waals surface area contributed by atoms with Gasteiger partial charge in [0, 0.05) is 5.56 Å². The van der Waals surface area contributed by atoms with Crippen LogP contribution in [0.2, 0.25) is 0 Å². The molecule has 0 saturated carbocycles. The summed E-state index contributed by atoms with van der Waals surface area (Å²) in [5, 5.41) is 0. The summed E-state index contributed by atoms with van der Waals surface area (Å²) in [6, 6.07) is 8.70. The van der Waals surface area contributed by atoms with Crippen molar-refractivity contribution in [1.29, 1.82) is 0 Å². The molecule has 3 rings (SSSR count). The lowest BCUT2D eigenvalue weighted by Gasteiger charge is -2.16. The van der Waals surface area contributed by atoms with Crippen molar-refractivity contribution >= 4 is 11.8 Å². The monoisotopic (exact) mass is 384 g/mol. The lowest BCUT2D eigenvalue weighted by molar-refractivity contribution is 0.0318. The number of benzene rings is 2. The van der Waals surface area contributed by atoms with Gasteiger partial charge in [0.25, 0.3) is 0 Å². The fourth-order valence-corrected chi connectivity index (χ4v) is 3.44. The first-order valence-electron chi connectivity index (χ1n) is 9.15. The molecule has 0 aromatic heterocycles. The Labute approximate surface area is 164 Å². The number of ketones is 1. The molecule has 0 spiro atoms. The number of fused-ring (bicyclic) bond motifs is 1. The van der Waals surface area contributed by atoms with Gasteiger partial charge in [-0.05, 0) is 55.5 Å². The smallest absolute Gasteiger partial charge is 0.339 e. The quantitative estimate of drug-likeness (QED) is 0.536. The number of esters is 1. The Kier molecular flexibility index (Phi) is 5.87. The van der Waals surface area contributed by atoms with Gasteiger partial charge >= 0.3 is 5.97 Å². The van der Waals surface area contributed by atoms with Gasteiger partial charge in [-0.1, -0.05) is 12.1 Å². The van der Waals surface area contributed by atoms with Crippen LogP contribution in [-0.4, -0.2) is 39.2 Å². The molecule has 0 bridgehead atoms. The summed E-state index contributed by atoms with van der Waals surface area (Å²) in [4.78, 5) is 25.3. The topological polar surface area (TPSA) is 71.1 Å². The summed E-state index contributed by atoms with van der Waals surface area (Å²) in [6.45, 7) is 1.57. The van der Waals surface area contributed by atoms with Crippen LogP contribution in [0, 0.1) is 0 Å². The molecule has 6 heteroatoms. The molecule has 0 N–H and O–H groups in total. The zero-order chi connectivity index (χ0) is 20.3. The molecule has 0 heterocycles. The van der Waals surface area contributed by atoms with Gasteiger partial charge in [0.2, 0.25) is 11.5 Å². The molecule has 0 aliphatic heterocycles. The van der Waals surface area contributed by atoms with Crippen LogP contribution in [0.4, 0.5) is 0 Å². The van der Waals surface area contributed by atoms with E-state index in [2.05, 4.69) is 0 Å². The minimum absolute atomic E-state index is 0.211. The van der Waals surface area contributed by atoms with Gasteiger partial charge < -0.3 is 18.9 Å². The fourth-order valence-electron chi connectivity index (χ4n) is 3.44. The largest absolute Gasteiger partial charge is 0.493 e. The van der Waals surface area contributed by atoms with Crippen LogP contribution in [0.3, 0.4) is 0 Å². The van der Waals surface area contributed by atoms with E-state index in [0.717, 1.165) is 19.3 Å². The molecule has 6 nitrogen and oxygen atoms in total. The second-order valence-electron chi connectivity index (χ2n) is 6.66. The SMILES string of the molecule is COc1cc(C(=O)O[C@@H](C)C(=O)c2ccc3c(c2)CCC3)cc(OC)c1OC. The number of carbonyl (C=O) groups excluding carboxylic acids is 2. The lowest BCUT2D eigenvalue weighted by atomic mass is 10.0. The molecule has 0 saturated heterocycles. The second kappa shape index (κ2) is 8.33. The Hall–Kier alpha value is -3.02. The number of carbonyl (C=O) groups is 2. The van der Waals surface area contributed by atoms with E-state index in [4.69, 9.17) is 18.9 Å². The standard InChI is InChI=1S/C22H24O6/c1-13(20(23)16-9-8-14-6-5-7-15(14)10-16)28-22(24)17-11-18(25-2)21(27-4)19(12-17)26-3/h8-13H,5-7H2,1-4H3/t13-/m0/s1. The van der Waals surface area contributed by atoms with E-state index in [1.165, 1.54) is 44.6 Å². The minimum Gasteiger partial charge on any atom is -0.493 e. The van der Waals surface area contributed by atoms with Crippen LogP contribution in [0.15, 0.2) is 30.3 Å². The third-order valence-corrected chi connectivity index (χ3v) is 4.94. The summed E-state index contributed by atoms with van der Waals surface area (Å²) in [6.07, 6.45) is 2.23. The minimum atomic E-state index is -0.911. The van der Waals surface area contributed by atoms with Crippen molar-refractivity contribution in [2.45, 2.75) is 32.3 Å². The number of methoxy groups -OCH3 is 3. The maximum Gasteiger partial charge on any atom is 0.339 e. The number of rotatable bonds is 7. The van der Waals surface area contributed by atoms with Crippen LogP contribution in [0.25, 0.3) is 0 Å². The number of Topliss-reactive ketones (excluding diaryl/α,β-unsaturated/α-hetero) is 1. The van der Waals surface area contributed by atoms with Crippen LogP contribution < -0.4 is 14.2 Å². The molecule has 2 aromatic rings. The molecule has 0 amide bonds. The molecule has 1 aliphatic carbocycles. The predicted molar refractivity (Wildman–Crippen MR) is 104 cm³/mol. The van der Waals surface area contributed by atoms with Crippen molar-refractivity contribution in [1.82, 2.24) is 0 Å². The highest BCUT2D eigenvalue weighted by atomic mass is 16.5. The Balaban J connectivity index is 1.77. The maximum absolute atomic E-state index is 12.7. The highest BCUT2D eigenvalue weighted by molar-refractivity contribution is 6.01. The summed E-state index contributed by atoms with van der Waals surface area (Å²) < 4.78 is 21.2. The molecular weight excluding hydrogens is 360 g/mol. The van der Waals surface area contributed by atoms with Gasteiger partial charge in [0.1, 0.15) is 0 Å². The van der Waals surface area contributed by atoms with Gasteiger partial charge in [-0.2, -0.15) is 0 Å². The number of hydrogen-bond donors (Lipinski definition) is 0. The van der Waals surface area contributed by atoms with Crippen molar-refractivity contribution in [2.75, 3.05) is 21.3 Å². The lowest BCUT2D eigenvalue weighted by Crippen LogP contribution is -2.24. The average Bonchev–Trinajstić information content (AvgIpc) is 3.19. The van der Waals surface area contributed by atoms with E-state index in [9.17, 15) is 9.59 Å². The Morgan fingerprint density at radius 3 is 2.11 bits per heavy atom. The summed E-state index contributed by atoms with van der Waals surface area (Å²) in [7, 11) is 4.41. The number of hydrogen-bond acceptors (Lipinski definition) is 6. The molecule has 148 valence electrons. The second-order valence-corrected chi connectivity index (χ2v) is 6.66. The van der Waals surface area contributed by atoms with Gasteiger partial charge in [-0.3, -0.25) is 4.79 Å². The average molecular weight is 384 g/mol. The summed E-state index contributed by atoms with van der Waals surface area (Å²) >= 11 is 0. The third kappa shape index (κ3) is 3.81. The maximum atomic E-state index is 12.7. The highest BCUT2D eigenvalue weighted by Crippen LogP contribution is 2.38. The van der Waals surface area contributed by atoms with Crippen molar-refractivity contribution in [3.63, 3.8) is 0 Å². The van der Waals surface area contributed by atoms with Crippen molar-refractivity contribution in [2.24, 2.45) is 0 Å². The van der Waals surface area contributed by atoms with Gasteiger partial charge in [-0.15, -0.1) is 0 Å². The zero-order valence-electron chi connectivity index (χ0n) is 16.5. The van der Waals surface area contributed by atoms with E-state index >= 15 is 0 Å². The van der Waals surface area contributed by atoms with Crippen LogP contribution >= 0.6 is 0 Å². The zero-order valence-corrected chi connectivity index (χ0v) is 16.5. The molecule has 1 aliphatic rings. The van der Waals surface area contributed by atoms with Crippen molar-refractivity contribution < 1.29 is 28.5 Å². The fraction of sp³-hybridized carbons (Fsp3) is 0.364. The molecule has 1 atom stereocenters. The number of aryl methyl sites for hydroxylation is 2. The van der Waals surface area contributed by atoms with Crippen molar-refractivity contribution in [3.8, 4) is 17.2 Å².